The van der Waals surface area contributed by atoms with Crippen LogP contribution in [-0.2, 0) is 10.3 Å². The maximum absolute atomic E-state index is 12.3. The number of amides is 1. The first-order valence-electron chi connectivity index (χ1n) is 7.09. The molecule has 1 amide bonds. The molecule has 2 aromatic rings. The van der Waals surface area contributed by atoms with Crippen molar-refractivity contribution >= 4 is 23.3 Å². The van der Waals surface area contributed by atoms with Gasteiger partial charge in [0.1, 0.15) is 0 Å². The lowest BCUT2D eigenvalue weighted by molar-refractivity contribution is -0.385. The zero-order valence-corrected chi connectivity index (χ0v) is 13.7. The van der Waals surface area contributed by atoms with Crippen molar-refractivity contribution in [3.05, 3.63) is 46.3 Å². The van der Waals surface area contributed by atoms with E-state index in [1.165, 1.54) is 50.2 Å². The molecule has 1 aromatic heterocycles. The van der Waals surface area contributed by atoms with Crippen molar-refractivity contribution in [2.45, 2.75) is 19.4 Å². The van der Waals surface area contributed by atoms with Crippen LogP contribution in [0.1, 0.15) is 24.2 Å². The number of aliphatic carboxylic acids is 1. The molecule has 1 heterocycles. The number of hydrogen-bond donors (Lipinski definition) is 2. The first-order valence-corrected chi connectivity index (χ1v) is 7.09. The quantitative estimate of drug-likeness (QED) is 0.600. The molecule has 0 unspecified atom stereocenters. The molecule has 0 radical (unpaired) electrons. The summed E-state index contributed by atoms with van der Waals surface area (Å²) >= 11 is 0. The molecule has 0 bridgehead atoms. The minimum atomic E-state index is -1.29. The van der Waals surface area contributed by atoms with E-state index in [1.807, 2.05) is 0 Å². The van der Waals surface area contributed by atoms with Crippen LogP contribution in [0.5, 0.6) is 5.75 Å². The van der Waals surface area contributed by atoms with Gasteiger partial charge in [0.05, 0.1) is 23.9 Å². The molecular formula is C15H16N4O6. The molecule has 2 N–H and O–H groups in total. The molecule has 0 aliphatic carbocycles. The summed E-state index contributed by atoms with van der Waals surface area (Å²) in [5.41, 5.74) is -1.31. The Morgan fingerprint density at radius 1 is 1.40 bits per heavy atom. The first kappa shape index (κ1) is 17.9. The lowest BCUT2D eigenvalue weighted by Gasteiger charge is -2.19. The number of carbonyl (C=O) groups is 2. The lowest BCUT2D eigenvalue weighted by atomic mass is 10.1. The predicted molar refractivity (Wildman–Crippen MR) is 86.8 cm³/mol. The standard InChI is InChI=1S/C15H16N4O6/c1-15(2,14(21)22)18-8-10(7-16-18)17-13(20)9-4-5-12(25-3)11(6-9)19(23)24/h4-8H,1-3H3,(H,17,20)(H,21,22). The van der Waals surface area contributed by atoms with Crippen molar-refractivity contribution in [1.82, 2.24) is 9.78 Å². The van der Waals surface area contributed by atoms with Gasteiger partial charge in [0.2, 0.25) is 0 Å². The fourth-order valence-corrected chi connectivity index (χ4v) is 1.97. The highest BCUT2D eigenvalue weighted by molar-refractivity contribution is 6.04. The van der Waals surface area contributed by atoms with Crippen LogP contribution in [0.3, 0.4) is 0 Å². The van der Waals surface area contributed by atoms with Gasteiger partial charge in [-0.3, -0.25) is 19.6 Å². The summed E-state index contributed by atoms with van der Waals surface area (Å²) in [6.45, 7) is 2.92. The largest absolute Gasteiger partial charge is 0.490 e. The third-order valence-corrected chi connectivity index (χ3v) is 3.57. The monoisotopic (exact) mass is 348 g/mol. The number of hydrogen-bond acceptors (Lipinski definition) is 6. The van der Waals surface area contributed by atoms with Gasteiger partial charge >= 0.3 is 11.7 Å². The predicted octanol–water partition coefficient (Wildman–Crippen LogP) is 1.87. The summed E-state index contributed by atoms with van der Waals surface area (Å²) in [4.78, 5) is 33.8. The molecule has 0 saturated carbocycles. The third-order valence-electron chi connectivity index (χ3n) is 3.57. The molecule has 10 nitrogen and oxygen atoms in total. The Morgan fingerprint density at radius 2 is 2.08 bits per heavy atom. The first-order chi connectivity index (χ1) is 11.7. The summed E-state index contributed by atoms with van der Waals surface area (Å²) in [7, 11) is 1.29. The van der Waals surface area contributed by atoms with Gasteiger partial charge in [-0.25, -0.2) is 4.79 Å². The van der Waals surface area contributed by atoms with Gasteiger partial charge in [-0.1, -0.05) is 0 Å². The van der Waals surface area contributed by atoms with E-state index in [0.29, 0.717) is 0 Å². The van der Waals surface area contributed by atoms with Gasteiger partial charge in [-0.05, 0) is 26.0 Å². The highest BCUT2D eigenvalue weighted by Crippen LogP contribution is 2.28. The number of carbonyl (C=O) groups excluding carboxylic acids is 1. The molecule has 25 heavy (non-hydrogen) atoms. The molecule has 0 spiro atoms. The maximum Gasteiger partial charge on any atom is 0.331 e. The van der Waals surface area contributed by atoms with Crippen LogP contribution in [0.15, 0.2) is 30.6 Å². The minimum Gasteiger partial charge on any atom is -0.490 e. The van der Waals surface area contributed by atoms with Crippen molar-refractivity contribution < 1.29 is 24.4 Å². The van der Waals surface area contributed by atoms with E-state index >= 15 is 0 Å². The maximum atomic E-state index is 12.3. The number of carboxylic acids is 1. The van der Waals surface area contributed by atoms with Crippen LogP contribution in [0, 0.1) is 10.1 Å². The van der Waals surface area contributed by atoms with Gasteiger partial charge in [0, 0.05) is 17.8 Å². The Morgan fingerprint density at radius 3 is 2.64 bits per heavy atom. The fraction of sp³-hybridized carbons (Fsp3) is 0.267. The van der Waals surface area contributed by atoms with Crippen LogP contribution >= 0.6 is 0 Å². The van der Waals surface area contributed by atoms with E-state index < -0.39 is 22.3 Å². The summed E-state index contributed by atoms with van der Waals surface area (Å²) in [5, 5.41) is 26.6. The number of methoxy groups -OCH3 is 1. The van der Waals surface area contributed by atoms with E-state index in [0.717, 1.165) is 6.07 Å². The number of ether oxygens (including phenoxy) is 1. The topological polar surface area (TPSA) is 137 Å². The van der Waals surface area contributed by atoms with Gasteiger partial charge in [0.25, 0.3) is 5.91 Å². The molecule has 1 aromatic carbocycles. The van der Waals surface area contributed by atoms with Crippen molar-refractivity contribution in [3.8, 4) is 5.75 Å². The van der Waals surface area contributed by atoms with E-state index in [9.17, 15) is 24.8 Å². The Labute approximate surface area is 142 Å². The number of nitrogens with one attached hydrogen (secondary N) is 1. The Bertz CT molecular complexity index is 842. The van der Waals surface area contributed by atoms with Gasteiger partial charge in [-0.2, -0.15) is 5.10 Å². The van der Waals surface area contributed by atoms with Crippen LogP contribution in [0.2, 0.25) is 0 Å². The average molecular weight is 348 g/mol. The number of anilines is 1. The number of aromatic nitrogens is 2. The Kier molecular flexibility index (Phi) is 4.72. The molecule has 0 aliphatic heterocycles. The van der Waals surface area contributed by atoms with E-state index in [2.05, 4.69) is 10.4 Å². The zero-order chi connectivity index (χ0) is 18.8. The summed E-state index contributed by atoms with van der Waals surface area (Å²) in [5.74, 6) is -1.64. The third kappa shape index (κ3) is 3.57. The van der Waals surface area contributed by atoms with Crippen LogP contribution in [0.25, 0.3) is 0 Å². The van der Waals surface area contributed by atoms with Gasteiger partial charge in [-0.15, -0.1) is 0 Å². The SMILES string of the molecule is COc1ccc(C(=O)Nc2cnn(C(C)(C)C(=O)O)c2)cc1[N+](=O)[O-]. The molecule has 2 rings (SSSR count). The second kappa shape index (κ2) is 6.59. The van der Waals surface area contributed by atoms with Crippen molar-refractivity contribution in [3.63, 3.8) is 0 Å². The van der Waals surface area contributed by atoms with Crippen LogP contribution < -0.4 is 10.1 Å². The second-order valence-electron chi connectivity index (χ2n) is 5.64. The Hall–Kier alpha value is -3.43. The number of carboxylic acid groups (broad SMARTS) is 1. The van der Waals surface area contributed by atoms with E-state index in [-0.39, 0.29) is 22.7 Å². The zero-order valence-electron chi connectivity index (χ0n) is 13.7. The van der Waals surface area contributed by atoms with Crippen LogP contribution in [0.4, 0.5) is 11.4 Å². The summed E-state index contributed by atoms with van der Waals surface area (Å²) in [6.07, 6.45) is 2.66. The van der Waals surface area contributed by atoms with Crippen molar-refractivity contribution in [1.29, 1.82) is 0 Å². The molecule has 132 valence electrons. The number of nitrogens with zero attached hydrogens (tertiary/aromatic N) is 3. The number of nitro benzene ring substituents is 1. The average Bonchev–Trinajstić information content (AvgIpc) is 3.03. The smallest absolute Gasteiger partial charge is 0.331 e. The molecule has 10 heteroatoms. The summed E-state index contributed by atoms with van der Waals surface area (Å²) < 4.78 is 6.08. The molecule has 0 fully saturated rings. The molecule has 0 atom stereocenters. The molecule has 0 aliphatic rings. The highest BCUT2D eigenvalue weighted by atomic mass is 16.6. The van der Waals surface area contributed by atoms with Gasteiger partial charge < -0.3 is 15.2 Å². The normalized spacial score (nSPS) is 11.0. The fourth-order valence-electron chi connectivity index (χ4n) is 1.97. The number of benzene rings is 1. The lowest BCUT2D eigenvalue weighted by Crippen LogP contribution is -2.35. The molecule has 0 saturated heterocycles. The number of nitro groups is 1. The summed E-state index contributed by atoms with van der Waals surface area (Å²) in [6, 6.07) is 3.80. The van der Waals surface area contributed by atoms with Crippen molar-refractivity contribution in [2.75, 3.05) is 12.4 Å². The number of rotatable bonds is 6. The van der Waals surface area contributed by atoms with Crippen LogP contribution in [-0.4, -0.2) is 38.8 Å². The molecular weight excluding hydrogens is 332 g/mol. The minimum absolute atomic E-state index is 0.0394. The second-order valence-corrected chi connectivity index (χ2v) is 5.64. The van der Waals surface area contributed by atoms with Crippen molar-refractivity contribution in [2.24, 2.45) is 0 Å². The Balaban J connectivity index is 2.24. The van der Waals surface area contributed by atoms with E-state index in [4.69, 9.17) is 4.74 Å². The highest BCUT2D eigenvalue weighted by Gasteiger charge is 2.30. The van der Waals surface area contributed by atoms with E-state index in [1.54, 1.807) is 0 Å². The van der Waals surface area contributed by atoms with Gasteiger partial charge in [0.15, 0.2) is 11.3 Å².